The molecule has 0 unspecified atom stereocenters. The Bertz CT molecular complexity index is 835. The van der Waals surface area contributed by atoms with Crippen LogP contribution in [-0.4, -0.2) is 35.4 Å². The van der Waals surface area contributed by atoms with Crippen molar-refractivity contribution in [2.45, 2.75) is 59.4 Å². The van der Waals surface area contributed by atoms with Crippen molar-refractivity contribution in [1.82, 2.24) is 9.88 Å². The van der Waals surface area contributed by atoms with Crippen molar-refractivity contribution in [1.29, 1.82) is 0 Å². The molecule has 0 fully saturated rings. The van der Waals surface area contributed by atoms with Crippen LogP contribution in [0.1, 0.15) is 58.4 Å². The maximum atomic E-state index is 13.3. The molecule has 4 nitrogen and oxygen atoms in total. The second kappa shape index (κ2) is 10.7. The number of benzene rings is 1. The third kappa shape index (κ3) is 6.11. The number of pyridine rings is 1. The fourth-order valence-electron chi connectivity index (χ4n) is 4.28. The maximum Gasteiger partial charge on any atom is 0.223 e. The van der Waals surface area contributed by atoms with Crippen LogP contribution in [0.5, 0.6) is 0 Å². The van der Waals surface area contributed by atoms with E-state index < -0.39 is 5.95 Å². The topological polar surface area (TPSA) is 36.4 Å². The molecule has 162 valence electrons. The molecule has 0 atom stereocenters. The van der Waals surface area contributed by atoms with E-state index in [0.29, 0.717) is 5.92 Å². The molecule has 0 N–H and O–H groups in total. The molecule has 5 heteroatoms. The van der Waals surface area contributed by atoms with Gasteiger partial charge in [-0.3, -0.25) is 9.69 Å². The van der Waals surface area contributed by atoms with Gasteiger partial charge in [0.1, 0.15) is 0 Å². The summed E-state index contributed by atoms with van der Waals surface area (Å²) in [5.41, 5.74) is 4.03. The van der Waals surface area contributed by atoms with Crippen LogP contribution < -0.4 is 4.90 Å². The Labute approximate surface area is 180 Å². The van der Waals surface area contributed by atoms with Gasteiger partial charge in [-0.05, 0) is 60.7 Å². The summed E-state index contributed by atoms with van der Waals surface area (Å²) in [6, 6.07) is 9.37. The van der Waals surface area contributed by atoms with Crippen molar-refractivity contribution in [3.05, 3.63) is 48.0 Å². The van der Waals surface area contributed by atoms with E-state index in [2.05, 4.69) is 35.9 Å². The summed E-state index contributed by atoms with van der Waals surface area (Å²) in [5, 5.41) is 0. The highest BCUT2D eigenvalue weighted by molar-refractivity contribution is 5.92. The molecule has 3 rings (SSSR count). The van der Waals surface area contributed by atoms with E-state index in [1.54, 1.807) is 19.2 Å². The number of anilines is 1. The van der Waals surface area contributed by atoms with Gasteiger partial charge in [0.05, 0.1) is 0 Å². The molecule has 0 saturated heterocycles. The smallest absolute Gasteiger partial charge is 0.223 e. The van der Waals surface area contributed by atoms with Crippen molar-refractivity contribution >= 4 is 11.6 Å². The summed E-state index contributed by atoms with van der Waals surface area (Å²) in [5.74, 6) is 0.186. The summed E-state index contributed by atoms with van der Waals surface area (Å²) in [6.45, 7) is 9.81. The number of amides is 1. The van der Waals surface area contributed by atoms with E-state index in [1.165, 1.54) is 25.3 Å². The third-order valence-electron chi connectivity index (χ3n) is 5.68. The molecule has 1 aliphatic rings. The molecule has 0 radical (unpaired) electrons. The Hall–Kier alpha value is -2.27. The fourth-order valence-corrected chi connectivity index (χ4v) is 4.28. The number of hydrogen-bond acceptors (Lipinski definition) is 3. The zero-order valence-electron chi connectivity index (χ0n) is 18.5. The zero-order chi connectivity index (χ0) is 21.5. The molecule has 0 spiro atoms. The van der Waals surface area contributed by atoms with Gasteiger partial charge in [0.15, 0.2) is 0 Å². The summed E-state index contributed by atoms with van der Waals surface area (Å²) in [4.78, 5) is 20.7. The van der Waals surface area contributed by atoms with Crippen LogP contribution in [0, 0.1) is 11.9 Å². The van der Waals surface area contributed by atoms with E-state index in [-0.39, 0.29) is 5.91 Å². The first-order chi connectivity index (χ1) is 14.4. The molecule has 30 heavy (non-hydrogen) atoms. The molecule has 1 aromatic heterocycles. The lowest BCUT2D eigenvalue weighted by molar-refractivity contribution is -0.116. The molecular weight excluding hydrogens is 377 g/mol. The number of carbonyl (C=O) groups is 1. The molecule has 1 aromatic carbocycles. The predicted octanol–water partition coefficient (Wildman–Crippen LogP) is 5.66. The van der Waals surface area contributed by atoms with E-state index in [0.717, 1.165) is 61.4 Å². The lowest BCUT2D eigenvalue weighted by atomic mass is 10.0. The zero-order valence-corrected chi connectivity index (χ0v) is 18.5. The molecule has 2 heterocycles. The van der Waals surface area contributed by atoms with Gasteiger partial charge in [-0.25, -0.2) is 4.98 Å². The van der Waals surface area contributed by atoms with E-state index >= 15 is 0 Å². The molecule has 2 aromatic rings. The maximum absolute atomic E-state index is 13.3. The second-order valence-electron chi connectivity index (χ2n) is 8.78. The molecular formula is C25H34FN3O. The highest BCUT2D eigenvalue weighted by Crippen LogP contribution is 2.30. The van der Waals surface area contributed by atoms with Gasteiger partial charge < -0.3 is 4.90 Å². The van der Waals surface area contributed by atoms with Crippen LogP contribution in [0.2, 0.25) is 0 Å². The average molecular weight is 412 g/mol. The minimum Gasteiger partial charge on any atom is -0.312 e. The highest BCUT2D eigenvalue weighted by Gasteiger charge is 2.19. The van der Waals surface area contributed by atoms with Crippen molar-refractivity contribution in [3.63, 3.8) is 0 Å². The SMILES string of the molecule is CC(=O)N1CCCCCCCN(CC(C)C)Cc2cc(-c3ccc(F)nc3)ccc21. The number of fused-ring (bicyclic) bond motifs is 1. The fraction of sp³-hybridized carbons (Fsp3) is 0.520. The number of carbonyl (C=O) groups excluding carboxylic acids is 1. The third-order valence-corrected chi connectivity index (χ3v) is 5.68. The lowest BCUT2D eigenvalue weighted by Gasteiger charge is -2.30. The normalized spacial score (nSPS) is 16.6. The van der Waals surface area contributed by atoms with Gasteiger partial charge in [0, 0.05) is 44.0 Å². The van der Waals surface area contributed by atoms with E-state index in [1.807, 2.05) is 11.0 Å². The van der Waals surface area contributed by atoms with Crippen LogP contribution in [0.25, 0.3) is 11.1 Å². The Balaban J connectivity index is 2.02. The lowest BCUT2D eigenvalue weighted by Crippen LogP contribution is -2.33. The highest BCUT2D eigenvalue weighted by atomic mass is 19.1. The average Bonchev–Trinajstić information content (AvgIpc) is 2.69. The quantitative estimate of drug-likeness (QED) is 0.611. The number of aromatic nitrogens is 1. The molecule has 0 aliphatic carbocycles. The predicted molar refractivity (Wildman–Crippen MR) is 121 cm³/mol. The van der Waals surface area contributed by atoms with Crippen molar-refractivity contribution in [2.75, 3.05) is 24.5 Å². The Morgan fingerprint density at radius 1 is 1.03 bits per heavy atom. The van der Waals surface area contributed by atoms with Crippen molar-refractivity contribution in [2.24, 2.45) is 5.92 Å². The van der Waals surface area contributed by atoms with Gasteiger partial charge in [-0.2, -0.15) is 4.39 Å². The first kappa shape index (κ1) is 22.4. The Morgan fingerprint density at radius 2 is 1.73 bits per heavy atom. The number of rotatable bonds is 3. The monoisotopic (exact) mass is 411 g/mol. The van der Waals surface area contributed by atoms with Crippen molar-refractivity contribution < 1.29 is 9.18 Å². The van der Waals surface area contributed by atoms with Crippen LogP contribution in [0.15, 0.2) is 36.5 Å². The van der Waals surface area contributed by atoms with E-state index in [4.69, 9.17) is 0 Å². The van der Waals surface area contributed by atoms with Crippen molar-refractivity contribution in [3.8, 4) is 11.1 Å². The number of hydrogen-bond donors (Lipinski definition) is 0. The van der Waals surface area contributed by atoms with Gasteiger partial charge in [-0.15, -0.1) is 0 Å². The molecule has 0 bridgehead atoms. The van der Waals surface area contributed by atoms with Crippen LogP contribution in [-0.2, 0) is 11.3 Å². The second-order valence-corrected chi connectivity index (χ2v) is 8.78. The Kier molecular flexibility index (Phi) is 7.97. The number of nitrogens with zero attached hydrogens (tertiary/aromatic N) is 3. The summed E-state index contributed by atoms with van der Waals surface area (Å²) < 4.78 is 13.3. The first-order valence-corrected chi connectivity index (χ1v) is 11.2. The van der Waals surface area contributed by atoms with Gasteiger partial charge in [-0.1, -0.05) is 39.2 Å². The molecule has 1 aliphatic heterocycles. The molecule has 1 amide bonds. The number of halogens is 1. The van der Waals surface area contributed by atoms with Gasteiger partial charge in [0.25, 0.3) is 0 Å². The van der Waals surface area contributed by atoms with Crippen LogP contribution in [0.4, 0.5) is 10.1 Å². The summed E-state index contributed by atoms with van der Waals surface area (Å²) in [7, 11) is 0. The standard InChI is InChI=1S/C25H34FN3O/c1-19(2)17-28-13-7-5-4-6-8-14-29(20(3)30)24-11-9-21(15-23(24)18-28)22-10-12-25(26)27-16-22/h9-12,15-16,19H,4-8,13-14,17-18H2,1-3H3. The van der Waals surface area contributed by atoms with Crippen LogP contribution >= 0.6 is 0 Å². The summed E-state index contributed by atoms with van der Waals surface area (Å²) in [6.07, 6.45) is 7.43. The van der Waals surface area contributed by atoms with Gasteiger partial charge >= 0.3 is 0 Å². The largest absolute Gasteiger partial charge is 0.312 e. The minimum atomic E-state index is -0.476. The van der Waals surface area contributed by atoms with E-state index in [9.17, 15) is 9.18 Å². The molecule has 0 saturated carbocycles. The van der Waals surface area contributed by atoms with Gasteiger partial charge in [0.2, 0.25) is 11.9 Å². The minimum absolute atomic E-state index is 0.0833. The summed E-state index contributed by atoms with van der Waals surface area (Å²) >= 11 is 0. The first-order valence-electron chi connectivity index (χ1n) is 11.2. The van der Waals surface area contributed by atoms with Crippen LogP contribution in [0.3, 0.4) is 0 Å². The Morgan fingerprint density at radius 3 is 2.40 bits per heavy atom.